The summed E-state index contributed by atoms with van der Waals surface area (Å²) in [5.41, 5.74) is 4.35. The van der Waals surface area contributed by atoms with Gasteiger partial charge in [0.1, 0.15) is 0 Å². The van der Waals surface area contributed by atoms with E-state index in [1.807, 2.05) is 30.3 Å². The van der Waals surface area contributed by atoms with Gasteiger partial charge < -0.3 is 4.90 Å². The third kappa shape index (κ3) is 3.27. The maximum Gasteiger partial charge on any atom is 0.242 e. The van der Waals surface area contributed by atoms with Crippen molar-refractivity contribution in [3.63, 3.8) is 0 Å². The van der Waals surface area contributed by atoms with E-state index in [4.69, 9.17) is 0 Å². The molecule has 0 spiro atoms. The highest BCUT2D eigenvalue weighted by molar-refractivity contribution is 7.89. The zero-order valence-electron chi connectivity index (χ0n) is 14.6. The molecule has 0 radical (unpaired) electrons. The molecule has 136 valence electrons. The first-order valence-electron chi connectivity index (χ1n) is 9.04. The van der Waals surface area contributed by atoms with Crippen LogP contribution in [0.4, 0.5) is 5.69 Å². The molecule has 2 aromatic carbocycles. The van der Waals surface area contributed by atoms with Crippen LogP contribution < -0.4 is 9.62 Å². The van der Waals surface area contributed by atoms with Crippen molar-refractivity contribution in [2.24, 2.45) is 0 Å². The molecule has 0 saturated carbocycles. The topological polar surface area (TPSA) is 66.5 Å². The van der Waals surface area contributed by atoms with Crippen LogP contribution in [0.5, 0.6) is 0 Å². The number of carbonyl (C=O) groups excluding carboxylic acids is 1. The van der Waals surface area contributed by atoms with Crippen molar-refractivity contribution in [2.75, 3.05) is 18.0 Å². The molecule has 1 aliphatic carbocycles. The fourth-order valence-electron chi connectivity index (χ4n) is 3.81. The van der Waals surface area contributed by atoms with Crippen LogP contribution in [0.3, 0.4) is 0 Å². The Hall–Kier alpha value is -2.18. The van der Waals surface area contributed by atoms with Gasteiger partial charge in [0.15, 0.2) is 0 Å². The maximum absolute atomic E-state index is 12.6. The summed E-state index contributed by atoms with van der Waals surface area (Å²) in [7, 11) is -3.69. The van der Waals surface area contributed by atoms with E-state index < -0.39 is 10.0 Å². The van der Waals surface area contributed by atoms with E-state index >= 15 is 0 Å². The second kappa shape index (κ2) is 6.85. The third-order valence-electron chi connectivity index (χ3n) is 5.23. The fourth-order valence-corrected chi connectivity index (χ4v) is 4.83. The largest absolute Gasteiger partial charge is 0.311 e. The van der Waals surface area contributed by atoms with E-state index in [-0.39, 0.29) is 17.3 Å². The number of nitrogens with one attached hydrogen (secondary N) is 1. The Balaban J connectivity index is 1.46. The molecule has 1 amide bonds. The third-order valence-corrected chi connectivity index (χ3v) is 6.63. The first-order valence-corrected chi connectivity index (χ1v) is 10.5. The molecule has 0 bridgehead atoms. The average Bonchev–Trinajstić information content (AvgIpc) is 3.10. The van der Waals surface area contributed by atoms with Gasteiger partial charge in [-0.05, 0) is 67.0 Å². The number of nitrogens with zero attached hydrogens (tertiary/aromatic N) is 1. The van der Waals surface area contributed by atoms with Crippen molar-refractivity contribution in [3.8, 4) is 0 Å². The van der Waals surface area contributed by atoms with Crippen LogP contribution >= 0.6 is 0 Å². The summed E-state index contributed by atoms with van der Waals surface area (Å²) in [4.78, 5) is 14.4. The Morgan fingerprint density at radius 3 is 2.58 bits per heavy atom. The van der Waals surface area contributed by atoms with E-state index in [9.17, 15) is 13.2 Å². The summed E-state index contributed by atoms with van der Waals surface area (Å²) in [5.74, 6) is -0.225. The number of fused-ring (bicyclic) bond motifs is 2. The Morgan fingerprint density at radius 2 is 1.73 bits per heavy atom. The molecule has 5 nitrogen and oxygen atoms in total. The van der Waals surface area contributed by atoms with Gasteiger partial charge in [-0.25, -0.2) is 13.1 Å². The van der Waals surface area contributed by atoms with Crippen LogP contribution in [-0.2, 0) is 34.1 Å². The number of amides is 1. The van der Waals surface area contributed by atoms with Crippen LogP contribution in [0, 0.1) is 0 Å². The van der Waals surface area contributed by atoms with Gasteiger partial charge in [-0.1, -0.05) is 24.3 Å². The number of benzene rings is 2. The number of sulfonamides is 1. The van der Waals surface area contributed by atoms with Crippen molar-refractivity contribution in [3.05, 3.63) is 59.2 Å². The van der Waals surface area contributed by atoms with Crippen molar-refractivity contribution < 1.29 is 13.2 Å². The molecule has 1 N–H and O–H groups in total. The highest BCUT2D eigenvalue weighted by Gasteiger charge is 2.25. The lowest BCUT2D eigenvalue weighted by molar-refractivity contribution is -0.117. The second-order valence-corrected chi connectivity index (χ2v) is 8.65. The minimum Gasteiger partial charge on any atom is -0.311 e. The molecule has 0 unspecified atom stereocenters. The summed E-state index contributed by atoms with van der Waals surface area (Å²) in [6, 6.07) is 13.0. The smallest absolute Gasteiger partial charge is 0.242 e. The Morgan fingerprint density at radius 1 is 0.962 bits per heavy atom. The van der Waals surface area contributed by atoms with Crippen molar-refractivity contribution >= 4 is 21.6 Å². The number of carbonyl (C=O) groups is 1. The van der Waals surface area contributed by atoms with Crippen molar-refractivity contribution in [1.29, 1.82) is 0 Å². The van der Waals surface area contributed by atoms with Crippen LogP contribution in [0.25, 0.3) is 0 Å². The molecular formula is C20H22N2O3S. The Kier molecular flexibility index (Phi) is 4.54. The molecule has 2 aliphatic rings. The molecule has 0 fully saturated rings. The van der Waals surface area contributed by atoms with Crippen LogP contribution in [0.2, 0.25) is 0 Å². The number of rotatable bonds is 4. The van der Waals surface area contributed by atoms with Gasteiger partial charge in [0.05, 0.1) is 11.4 Å². The molecule has 2 aromatic rings. The first kappa shape index (κ1) is 17.2. The molecule has 4 rings (SSSR count). The number of aryl methyl sites for hydroxylation is 2. The predicted octanol–water partition coefficient (Wildman–Crippen LogP) is 2.43. The SMILES string of the molecule is O=C(CNS(=O)(=O)c1ccc2c(c1)CCCC2)N1CCc2ccccc21. The predicted molar refractivity (Wildman–Crippen MR) is 101 cm³/mol. The van der Waals surface area contributed by atoms with Gasteiger partial charge in [-0.3, -0.25) is 4.79 Å². The van der Waals surface area contributed by atoms with E-state index in [0.29, 0.717) is 6.54 Å². The Bertz CT molecular complexity index is 953. The lowest BCUT2D eigenvalue weighted by Crippen LogP contribution is -2.39. The lowest BCUT2D eigenvalue weighted by Gasteiger charge is -2.19. The standard InChI is InChI=1S/C20H22N2O3S/c23-20(22-12-11-16-6-3-4-8-19(16)22)14-21-26(24,25)18-10-9-15-5-1-2-7-17(15)13-18/h3-4,6,8-10,13,21H,1-2,5,7,11-12,14H2. The zero-order valence-corrected chi connectivity index (χ0v) is 15.4. The highest BCUT2D eigenvalue weighted by atomic mass is 32.2. The van der Waals surface area contributed by atoms with E-state index in [1.54, 1.807) is 17.0 Å². The van der Waals surface area contributed by atoms with Gasteiger partial charge in [0.25, 0.3) is 0 Å². The Labute approximate surface area is 154 Å². The minimum atomic E-state index is -3.69. The molecular weight excluding hydrogens is 348 g/mol. The van der Waals surface area contributed by atoms with Crippen LogP contribution in [0.15, 0.2) is 47.4 Å². The minimum absolute atomic E-state index is 0.225. The quantitative estimate of drug-likeness (QED) is 0.899. The summed E-state index contributed by atoms with van der Waals surface area (Å²) in [5, 5.41) is 0. The molecule has 6 heteroatoms. The van der Waals surface area contributed by atoms with E-state index in [0.717, 1.165) is 48.9 Å². The molecule has 1 aliphatic heterocycles. The van der Waals surface area contributed by atoms with Crippen LogP contribution in [0.1, 0.15) is 29.5 Å². The zero-order chi connectivity index (χ0) is 18.1. The summed E-state index contributed by atoms with van der Waals surface area (Å²) >= 11 is 0. The summed E-state index contributed by atoms with van der Waals surface area (Å²) in [6.07, 6.45) is 4.98. The molecule has 26 heavy (non-hydrogen) atoms. The molecule has 0 saturated heterocycles. The number of anilines is 1. The van der Waals surface area contributed by atoms with Gasteiger partial charge in [-0.15, -0.1) is 0 Å². The molecule has 1 heterocycles. The monoisotopic (exact) mass is 370 g/mol. The van der Waals surface area contributed by atoms with Gasteiger partial charge >= 0.3 is 0 Å². The van der Waals surface area contributed by atoms with E-state index in [2.05, 4.69) is 4.72 Å². The van der Waals surface area contributed by atoms with Gasteiger partial charge in [0, 0.05) is 12.2 Å². The lowest BCUT2D eigenvalue weighted by atomic mass is 9.92. The summed E-state index contributed by atoms with van der Waals surface area (Å²) in [6.45, 7) is 0.368. The summed E-state index contributed by atoms with van der Waals surface area (Å²) < 4.78 is 27.7. The number of hydrogen-bond donors (Lipinski definition) is 1. The fraction of sp³-hybridized carbons (Fsp3) is 0.350. The number of para-hydroxylation sites is 1. The van der Waals surface area contributed by atoms with Crippen molar-refractivity contribution in [1.82, 2.24) is 4.72 Å². The molecule has 0 atom stereocenters. The number of hydrogen-bond acceptors (Lipinski definition) is 3. The van der Waals surface area contributed by atoms with Gasteiger partial charge in [0.2, 0.25) is 15.9 Å². The van der Waals surface area contributed by atoms with Crippen LogP contribution in [-0.4, -0.2) is 27.4 Å². The van der Waals surface area contributed by atoms with E-state index in [1.165, 1.54) is 5.56 Å². The second-order valence-electron chi connectivity index (χ2n) is 6.89. The van der Waals surface area contributed by atoms with Gasteiger partial charge in [-0.2, -0.15) is 0 Å². The first-order chi connectivity index (χ1) is 12.5. The maximum atomic E-state index is 12.6. The van der Waals surface area contributed by atoms with Crippen molar-refractivity contribution in [2.45, 2.75) is 37.0 Å². The molecule has 0 aromatic heterocycles. The average molecular weight is 370 g/mol. The normalized spacial score (nSPS) is 16.2. The highest BCUT2D eigenvalue weighted by Crippen LogP contribution is 2.27.